The van der Waals surface area contributed by atoms with Gasteiger partial charge in [0.05, 0.1) is 4.90 Å². The van der Waals surface area contributed by atoms with Crippen LogP contribution >= 0.6 is 11.3 Å². The van der Waals surface area contributed by atoms with Crippen LogP contribution in [-0.4, -0.2) is 33.0 Å². The number of halogens is 1. The van der Waals surface area contributed by atoms with Crippen LogP contribution in [0.4, 0.5) is 9.52 Å². The van der Waals surface area contributed by atoms with Crippen LogP contribution in [0.1, 0.15) is 18.4 Å². The third-order valence-electron chi connectivity index (χ3n) is 4.20. The third-order valence-corrected chi connectivity index (χ3v) is 6.61. The molecular formula is C16H20FN3O2S2. The number of hydrogen-bond acceptors (Lipinski definition) is 5. The summed E-state index contributed by atoms with van der Waals surface area (Å²) in [7, 11) is -3.63. The molecule has 1 aliphatic rings. The van der Waals surface area contributed by atoms with E-state index < -0.39 is 15.8 Å². The van der Waals surface area contributed by atoms with Crippen molar-refractivity contribution in [1.29, 1.82) is 0 Å². The fourth-order valence-electron chi connectivity index (χ4n) is 3.00. The van der Waals surface area contributed by atoms with Crippen LogP contribution < -0.4 is 9.62 Å². The molecule has 1 aromatic heterocycles. The van der Waals surface area contributed by atoms with E-state index in [1.165, 1.54) is 18.2 Å². The zero-order valence-electron chi connectivity index (χ0n) is 13.4. The summed E-state index contributed by atoms with van der Waals surface area (Å²) in [5, 5.41) is 2.93. The molecule has 1 atom stereocenters. The number of sulfonamides is 1. The molecular weight excluding hydrogens is 349 g/mol. The van der Waals surface area contributed by atoms with Gasteiger partial charge in [0.15, 0.2) is 5.13 Å². The van der Waals surface area contributed by atoms with E-state index in [1.54, 1.807) is 24.5 Å². The Morgan fingerprint density at radius 1 is 1.46 bits per heavy atom. The molecule has 5 nitrogen and oxygen atoms in total. The molecule has 1 aliphatic heterocycles. The number of rotatable bonds is 5. The van der Waals surface area contributed by atoms with Crippen LogP contribution in [-0.2, 0) is 10.0 Å². The number of nitrogens with zero attached hydrogens (tertiary/aromatic N) is 2. The molecule has 1 aromatic carbocycles. The van der Waals surface area contributed by atoms with E-state index in [2.05, 4.69) is 14.6 Å². The Bertz CT molecular complexity index is 794. The van der Waals surface area contributed by atoms with Crippen LogP contribution in [0, 0.1) is 18.7 Å². The fourth-order valence-corrected chi connectivity index (χ4v) is 5.02. The maximum Gasteiger partial charge on any atom is 0.240 e. The van der Waals surface area contributed by atoms with E-state index in [9.17, 15) is 12.8 Å². The Balaban J connectivity index is 1.64. The first kappa shape index (κ1) is 17.3. The highest BCUT2D eigenvalue weighted by atomic mass is 32.2. The second-order valence-electron chi connectivity index (χ2n) is 6.03. The maximum atomic E-state index is 13.2. The second kappa shape index (κ2) is 7.16. The van der Waals surface area contributed by atoms with Gasteiger partial charge in [0.1, 0.15) is 5.82 Å². The van der Waals surface area contributed by atoms with Gasteiger partial charge in [-0.2, -0.15) is 0 Å². The van der Waals surface area contributed by atoms with Gasteiger partial charge in [-0.15, -0.1) is 11.3 Å². The summed E-state index contributed by atoms with van der Waals surface area (Å²) < 4.78 is 40.8. The molecule has 130 valence electrons. The Labute approximate surface area is 145 Å². The van der Waals surface area contributed by atoms with Crippen molar-refractivity contribution < 1.29 is 12.8 Å². The van der Waals surface area contributed by atoms with Gasteiger partial charge < -0.3 is 4.90 Å². The minimum atomic E-state index is -3.63. The molecule has 0 spiro atoms. The molecule has 1 N–H and O–H groups in total. The van der Waals surface area contributed by atoms with Crippen LogP contribution in [0.5, 0.6) is 0 Å². The van der Waals surface area contributed by atoms with Crippen molar-refractivity contribution >= 4 is 26.5 Å². The monoisotopic (exact) mass is 369 g/mol. The molecule has 0 amide bonds. The average Bonchev–Trinajstić information content (AvgIpc) is 3.07. The molecule has 8 heteroatoms. The number of anilines is 1. The van der Waals surface area contributed by atoms with Gasteiger partial charge in [-0.3, -0.25) is 0 Å². The van der Waals surface area contributed by atoms with E-state index in [1.807, 2.05) is 5.38 Å². The fraction of sp³-hybridized carbons (Fsp3) is 0.438. The molecule has 3 rings (SSSR count). The number of thiazole rings is 1. The van der Waals surface area contributed by atoms with Crippen molar-refractivity contribution in [2.45, 2.75) is 24.7 Å². The largest absolute Gasteiger partial charge is 0.348 e. The van der Waals surface area contributed by atoms with Crippen LogP contribution in [0.2, 0.25) is 0 Å². The van der Waals surface area contributed by atoms with Gasteiger partial charge in [-0.1, -0.05) is 0 Å². The molecule has 0 bridgehead atoms. The van der Waals surface area contributed by atoms with Gasteiger partial charge in [0.25, 0.3) is 0 Å². The van der Waals surface area contributed by atoms with Crippen molar-refractivity contribution in [2.24, 2.45) is 5.92 Å². The Morgan fingerprint density at radius 3 is 3.00 bits per heavy atom. The quantitative estimate of drug-likeness (QED) is 0.880. The normalized spacial score (nSPS) is 18.8. The minimum Gasteiger partial charge on any atom is -0.348 e. The van der Waals surface area contributed by atoms with Crippen molar-refractivity contribution in [3.05, 3.63) is 41.2 Å². The van der Waals surface area contributed by atoms with Gasteiger partial charge in [-0.05, 0) is 49.4 Å². The Hall–Kier alpha value is -1.51. The molecule has 1 fully saturated rings. The molecule has 0 aliphatic carbocycles. The first-order valence-corrected chi connectivity index (χ1v) is 10.2. The molecule has 1 saturated heterocycles. The Morgan fingerprint density at radius 2 is 2.29 bits per heavy atom. The van der Waals surface area contributed by atoms with Gasteiger partial charge in [0.2, 0.25) is 10.0 Å². The zero-order valence-corrected chi connectivity index (χ0v) is 15.0. The van der Waals surface area contributed by atoms with E-state index in [4.69, 9.17) is 0 Å². The summed E-state index contributed by atoms with van der Waals surface area (Å²) in [4.78, 5) is 6.66. The number of aromatic nitrogens is 1. The first-order valence-electron chi connectivity index (χ1n) is 7.86. The summed E-state index contributed by atoms with van der Waals surface area (Å²) in [5.74, 6) is -0.198. The van der Waals surface area contributed by atoms with Crippen LogP contribution in [0.15, 0.2) is 34.7 Å². The van der Waals surface area contributed by atoms with Gasteiger partial charge >= 0.3 is 0 Å². The van der Waals surface area contributed by atoms with Crippen molar-refractivity contribution in [2.75, 3.05) is 24.5 Å². The maximum absolute atomic E-state index is 13.2. The highest BCUT2D eigenvalue weighted by molar-refractivity contribution is 7.89. The summed E-state index contributed by atoms with van der Waals surface area (Å²) in [6, 6.07) is 3.72. The van der Waals surface area contributed by atoms with E-state index >= 15 is 0 Å². The predicted molar refractivity (Wildman–Crippen MR) is 93.4 cm³/mol. The summed E-state index contributed by atoms with van der Waals surface area (Å²) >= 11 is 1.60. The minimum absolute atomic E-state index is 0.136. The number of nitrogens with one attached hydrogen (secondary N) is 1. The average molecular weight is 369 g/mol. The van der Waals surface area contributed by atoms with Crippen LogP contribution in [0.3, 0.4) is 0 Å². The predicted octanol–water partition coefficient (Wildman–Crippen LogP) is 2.79. The second-order valence-corrected chi connectivity index (χ2v) is 8.64. The third kappa shape index (κ3) is 3.93. The number of aryl methyl sites for hydroxylation is 1. The smallest absolute Gasteiger partial charge is 0.240 e. The van der Waals surface area contributed by atoms with Crippen molar-refractivity contribution in [3.8, 4) is 0 Å². The lowest BCUT2D eigenvalue weighted by molar-refractivity contribution is 0.410. The van der Waals surface area contributed by atoms with E-state index in [0.717, 1.165) is 31.1 Å². The van der Waals surface area contributed by atoms with E-state index in [-0.39, 0.29) is 10.8 Å². The number of piperidine rings is 1. The summed E-state index contributed by atoms with van der Waals surface area (Å²) in [5.41, 5.74) is 0.413. The molecule has 0 saturated carbocycles. The first-order chi connectivity index (χ1) is 11.5. The lowest BCUT2D eigenvalue weighted by Gasteiger charge is -2.32. The summed E-state index contributed by atoms with van der Waals surface area (Å²) in [6.45, 7) is 3.72. The van der Waals surface area contributed by atoms with Gasteiger partial charge in [-0.25, -0.2) is 22.5 Å². The molecule has 2 heterocycles. The molecule has 2 aromatic rings. The lowest BCUT2D eigenvalue weighted by Crippen LogP contribution is -2.41. The van der Waals surface area contributed by atoms with Gasteiger partial charge in [0, 0.05) is 31.2 Å². The lowest BCUT2D eigenvalue weighted by atomic mass is 9.99. The van der Waals surface area contributed by atoms with Crippen molar-refractivity contribution in [3.63, 3.8) is 0 Å². The SMILES string of the molecule is Cc1cc(F)ccc1S(=O)(=O)NCC1CCCN(c2nccs2)C1. The molecule has 1 unspecified atom stereocenters. The van der Waals surface area contributed by atoms with Crippen molar-refractivity contribution in [1.82, 2.24) is 9.71 Å². The topological polar surface area (TPSA) is 62.3 Å². The van der Waals surface area contributed by atoms with Crippen LogP contribution in [0.25, 0.3) is 0 Å². The number of hydrogen-bond donors (Lipinski definition) is 1. The Kier molecular flexibility index (Phi) is 5.17. The highest BCUT2D eigenvalue weighted by Gasteiger charge is 2.24. The zero-order chi connectivity index (χ0) is 17.2. The summed E-state index contributed by atoms with van der Waals surface area (Å²) in [6.07, 6.45) is 3.78. The van der Waals surface area contributed by atoms with E-state index in [0.29, 0.717) is 12.1 Å². The standard InChI is InChI=1S/C16H20FN3O2S2/c1-12-9-14(17)4-5-15(12)24(21,22)19-10-13-3-2-7-20(11-13)16-18-6-8-23-16/h4-6,8-9,13,19H,2-3,7,10-11H2,1H3. The highest BCUT2D eigenvalue weighted by Crippen LogP contribution is 2.25. The number of benzene rings is 1. The molecule has 0 radical (unpaired) electrons. The molecule has 24 heavy (non-hydrogen) atoms.